The van der Waals surface area contributed by atoms with E-state index in [-0.39, 0.29) is 17.4 Å². The van der Waals surface area contributed by atoms with Gasteiger partial charge in [-0.25, -0.2) is 9.97 Å². The Morgan fingerprint density at radius 3 is 2.84 bits per heavy atom. The van der Waals surface area contributed by atoms with Gasteiger partial charge >= 0.3 is 0 Å². The Kier molecular flexibility index (Phi) is 5.03. The van der Waals surface area contributed by atoms with Crippen LogP contribution in [0.25, 0.3) is 0 Å². The summed E-state index contributed by atoms with van der Waals surface area (Å²) in [5.41, 5.74) is 1.34. The van der Waals surface area contributed by atoms with E-state index < -0.39 is 0 Å². The lowest BCUT2D eigenvalue weighted by Gasteiger charge is -2.24. The van der Waals surface area contributed by atoms with Gasteiger partial charge in [0.2, 0.25) is 5.13 Å². The number of nitrogens with one attached hydrogen (secondary N) is 1. The molecule has 7 heteroatoms. The highest BCUT2D eigenvalue weighted by Crippen LogP contribution is 2.24. The molecule has 0 bridgehead atoms. The molecule has 1 aliphatic heterocycles. The van der Waals surface area contributed by atoms with Crippen molar-refractivity contribution in [2.45, 2.75) is 52.0 Å². The SMILES string of the molecule is Cc1cccc(C(=O)N2CCC[C@@H]2CNc2nc(C(C)(C)C)ns2)n1. The molecule has 3 heterocycles. The van der Waals surface area contributed by atoms with Crippen LogP contribution in [0.3, 0.4) is 0 Å². The Hall–Kier alpha value is -2.02. The molecule has 1 atom stereocenters. The molecule has 0 spiro atoms. The molecule has 1 saturated heterocycles. The largest absolute Gasteiger partial charge is 0.358 e. The van der Waals surface area contributed by atoms with E-state index in [4.69, 9.17) is 0 Å². The minimum atomic E-state index is -0.0529. The zero-order valence-electron chi connectivity index (χ0n) is 15.2. The molecule has 0 aromatic carbocycles. The van der Waals surface area contributed by atoms with Crippen molar-refractivity contribution in [2.24, 2.45) is 0 Å². The quantitative estimate of drug-likeness (QED) is 0.907. The minimum absolute atomic E-state index is 0.0145. The van der Waals surface area contributed by atoms with Gasteiger partial charge in [0, 0.05) is 41.8 Å². The summed E-state index contributed by atoms with van der Waals surface area (Å²) >= 11 is 1.38. The lowest BCUT2D eigenvalue weighted by Crippen LogP contribution is -2.40. The number of pyridine rings is 1. The summed E-state index contributed by atoms with van der Waals surface area (Å²) in [4.78, 5) is 23.6. The minimum Gasteiger partial charge on any atom is -0.358 e. The van der Waals surface area contributed by atoms with Gasteiger partial charge in [-0.3, -0.25) is 4.79 Å². The van der Waals surface area contributed by atoms with E-state index in [1.165, 1.54) is 11.5 Å². The summed E-state index contributed by atoms with van der Waals surface area (Å²) in [6.45, 7) is 9.68. The van der Waals surface area contributed by atoms with Crippen LogP contribution in [-0.4, -0.2) is 44.3 Å². The van der Waals surface area contributed by atoms with E-state index in [1.54, 1.807) is 6.07 Å². The first-order chi connectivity index (χ1) is 11.8. The first-order valence-corrected chi connectivity index (χ1v) is 9.44. The second kappa shape index (κ2) is 7.07. The van der Waals surface area contributed by atoms with Gasteiger partial charge in [-0.1, -0.05) is 26.8 Å². The summed E-state index contributed by atoms with van der Waals surface area (Å²) in [5.74, 6) is 0.865. The van der Waals surface area contributed by atoms with E-state index in [2.05, 4.69) is 40.4 Å². The van der Waals surface area contributed by atoms with Crippen LogP contribution in [0.1, 0.15) is 55.6 Å². The van der Waals surface area contributed by atoms with Crippen LogP contribution >= 0.6 is 11.5 Å². The Morgan fingerprint density at radius 2 is 2.16 bits per heavy atom. The molecule has 1 amide bonds. The number of carbonyl (C=O) groups excluding carboxylic acids is 1. The molecule has 2 aromatic rings. The maximum Gasteiger partial charge on any atom is 0.272 e. The molecule has 134 valence electrons. The maximum atomic E-state index is 12.8. The van der Waals surface area contributed by atoms with Gasteiger partial charge in [-0.05, 0) is 31.9 Å². The number of aryl methyl sites for hydroxylation is 1. The normalized spacial score (nSPS) is 17.8. The summed E-state index contributed by atoms with van der Waals surface area (Å²) in [7, 11) is 0. The van der Waals surface area contributed by atoms with Crippen molar-refractivity contribution >= 4 is 22.6 Å². The average molecular weight is 359 g/mol. The van der Waals surface area contributed by atoms with Gasteiger partial charge in [-0.15, -0.1) is 0 Å². The number of nitrogens with zero attached hydrogens (tertiary/aromatic N) is 4. The standard InChI is InChI=1S/C18H25N5OS/c1-12-7-5-9-14(20-12)15(24)23-10-6-8-13(23)11-19-17-21-16(22-25-17)18(2,3)4/h5,7,9,13H,6,8,10-11H2,1-4H3,(H,19,21,22)/t13-/m1/s1. The summed E-state index contributed by atoms with van der Waals surface area (Å²) in [5, 5.41) is 4.17. The zero-order chi connectivity index (χ0) is 18.0. The second-order valence-electron chi connectivity index (χ2n) is 7.51. The number of carbonyl (C=O) groups is 1. The lowest BCUT2D eigenvalue weighted by atomic mass is 9.96. The fourth-order valence-electron chi connectivity index (χ4n) is 2.93. The predicted molar refractivity (Wildman–Crippen MR) is 100 cm³/mol. The molecule has 0 unspecified atom stereocenters. The summed E-state index contributed by atoms with van der Waals surface area (Å²) in [6.07, 6.45) is 2.02. The second-order valence-corrected chi connectivity index (χ2v) is 8.26. The summed E-state index contributed by atoms with van der Waals surface area (Å²) < 4.78 is 4.42. The molecule has 25 heavy (non-hydrogen) atoms. The first kappa shape index (κ1) is 17.8. The number of rotatable bonds is 4. The van der Waals surface area contributed by atoms with Gasteiger partial charge in [0.05, 0.1) is 0 Å². The van der Waals surface area contributed by atoms with Crippen molar-refractivity contribution in [1.82, 2.24) is 19.2 Å². The van der Waals surface area contributed by atoms with Gasteiger partial charge in [0.1, 0.15) is 11.5 Å². The number of aromatic nitrogens is 3. The molecule has 0 saturated carbocycles. The molecule has 1 aliphatic rings. The van der Waals surface area contributed by atoms with E-state index in [0.29, 0.717) is 12.2 Å². The van der Waals surface area contributed by atoms with Crippen LogP contribution in [0, 0.1) is 6.92 Å². The van der Waals surface area contributed by atoms with Crippen LogP contribution in [0.15, 0.2) is 18.2 Å². The maximum absolute atomic E-state index is 12.8. The van der Waals surface area contributed by atoms with Crippen molar-refractivity contribution in [3.8, 4) is 0 Å². The van der Waals surface area contributed by atoms with Crippen molar-refractivity contribution in [3.63, 3.8) is 0 Å². The third-order valence-electron chi connectivity index (χ3n) is 4.33. The van der Waals surface area contributed by atoms with Crippen LogP contribution in [0.5, 0.6) is 0 Å². The molecule has 3 rings (SSSR count). The smallest absolute Gasteiger partial charge is 0.272 e. The molecule has 0 aliphatic carbocycles. The van der Waals surface area contributed by atoms with Gasteiger partial charge in [-0.2, -0.15) is 4.37 Å². The van der Waals surface area contributed by atoms with Crippen LogP contribution in [0.4, 0.5) is 5.13 Å². The monoisotopic (exact) mass is 359 g/mol. The Morgan fingerprint density at radius 1 is 1.36 bits per heavy atom. The van der Waals surface area contributed by atoms with Crippen LogP contribution in [-0.2, 0) is 5.41 Å². The Bertz CT molecular complexity index is 752. The molecule has 0 radical (unpaired) electrons. The number of hydrogen-bond donors (Lipinski definition) is 1. The number of hydrogen-bond acceptors (Lipinski definition) is 6. The molecule has 6 nitrogen and oxygen atoms in total. The van der Waals surface area contributed by atoms with Gasteiger partial charge in [0.15, 0.2) is 0 Å². The molecular formula is C18H25N5OS. The third kappa shape index (κ3) is 4.15. The van der Waals surface area contributed by atoms with Gasteiger partial charge in [0.25, 0.3) is 5.91 Å². The zero-order valence-corrected chi connectivity index (χ0v) is 16.1. The molecular weight excluding hydrogens is 334 g/mol. The number of anilines is 1. The van der Waals surface area contributed by atoms with E-state index in [1.807, 2.05) is 24.0 Å². The molecule has 1 fully saturated rings. The highest BCUT2D eigenvalue weighted by Gasteiger charge is 2.30. The highest BCUT2D eigenvalue weighted by molar-refractivity contribution is 7.09. The van der Waals surface area contributed by atoms with Crippen molar-refractivity contribution < 1.29 is 4.79 Å². The van der Waals surface area contributed by atoms with Gasteiger partial charge < -0.3 is 10.2 Å². The van der Waals surface area contributed by atoms with E-state index in [0.717, 1.165) is 36.0 Å². The first-order valence-electron chi connectivity index (χ1n) is 8.67. The topological polar surface area (TPSA) is 71.0 Å². The van der Waals surface area contributed by atoms with E-state index in [9.17, 15) is 4.79 Å². The van der Waals surface area contributed by atoms with E-state index >= 15 is 0 Å². The Labute approximate surface area is 152 Å². The summed E-state index contributed by atoms with van der Waals surface area (Å²) in [6, 6.07) is 5.74. The van der Waals surface area contributed by atoms with Crippen molar-refractivity contribution in [2.75, 3.05) is 18.4 Å². The number of likely N-dealkylation sites (tertiary alicyclic amines) is 1. The third-order valence-corrected chi connectivity index (χ3v) is 5.00. The van der Waals surface area contributed by atoms with Crippen LogP contribution in [0.2, 0.25) is 0 Å². The predicted octanol–water partition coefficient (Wildman–Crippen LogP) is 3.26. The average Bonchev–Trinajstić information content (AvgIpc) is 3.21. The molecule has 2 aromatic heterocycles. The van der Waals surface area contributed by atoms with Crippen molar-refractivity contribution in [1.29, 1.82) is 0 Å². The Balaban J connectivity index is 1.64. The number of amides is 1. The van der Waals surface area contributed by atoms with Crippen LogP contribution < -0.4 is 5.32 Å². The lowest BCUT2D eigenvalue weighted by molar-refractivity contribution is 0.0737. The van der Waals surface area contributed by atoms with Crippen molar-refractivity contribution in [3.05, 3.63) is 35.4 Å². The fourth-order valence-corrected chi connectivity index (χ4v) is 3.69. The highest BCUT2D eigenvalue weighted by atomic mass is 32.1. The molecule has 1 N–H and O–H groups in total. The fraction of sp³-hybridized carbons (Fsp3) is 0.556.